The third-order valence-corrected chi connectivity index (χ3v) is 3.42. The first-order chi connectivity index (χ1) is 9.54. The summed E-state index contributed by atoms with van der Waals surface area (Å²) in [7, 11) is 0. The molecule has 20 heavy (non-hydrogen) atoms. The Kier molecular flexibility index (Phi) is 4.27. The fraction of sp³-hybridized carbons (Fsp3) is 0.467. The molecular weight excluding hydrogens is 256 g/mol. The van der Waals surface area contributed by atoms with E-state index in [1.54, 1.807) is 11.8 Å². The van der Waals surface area contributed by atoms with Gasteiger partial charge in [0.1, 0.15) is 6.04 Å². The Balaban J connectivity index is 2.37. The Morgan fingerprint density at radius 2 is 2.10 bits per heavy atom. The van der Waals surface area contributed by atoms with E-state index in [-0.39, 0.29) is 17.9 Å². The van der Waals surface area contributed by atoms with Gasteiger partial charge in [-0.1, -0.05) is 12.1 Å². The van der Waals surface area contributed by atoms with E-state index < -0.39 is 6.04 Å². The maximum absolute atomic E-state index is 12.0. The molecule has 1 aliphatic rings. The van der Waals surface area contributed by atoms with Gasteiger partial charge in [0.05, 0.1) is 18.0 Å². The van der Waals surface area contributed by atoms with E-state index in [4.69, 9.17) is 4.74 Å². The summed E-state index contributed by atoms with van der Waals surface area (Å²) in [5.41, 5.74) is 1.59. The number of amides is 1. The van der Waals surface area contributed by atoms with Crippen LogP contribution in [0.4, 0.5) is 11.4 Å². The summed E-state index contributed by atoms with van der Waals surface area (Å²) in [6.07, 6.45) is 0.521. The molecule has 5 nitrogen and oxygen atoms in total. The molecule has 1 heterocycles. The van der Waals surface area contributed by atoms with Gasteiger partial charge in [0.2, 0.25) is 5.91 Å². The van der Waals surface area contributed by atoms with E-state index in [0.29, 0.717) is 13.0 Å². The number of esters is 1. The first kappa shape index (κ1) is 14.4. The molecule has 0 spiro atoms. The number of rotatable bonds is 2. The monoisotopic (exact) mass is 276 g/mol. The average Bonchev–Trinajstić information content (AvgIpc) is 2.54. The molecule has 0 fully saturated rings. The molecule has 1 amide bonds. The number of hydrogen-bond donors (Lipinski definition) is 1. The number of fused-ring (bicyclic) bond motifs is 1. The Morgan fingerprint density at radius 1 is 1.40 bits per heavy atom. The Morgan fingerprint density at radius 3 is 2.75 bits per heavy atom. The summed E-state index contributed by atoms with van der Waals surface area (Å²) < 4.78 is 5.09. The molecule has 2 atom stereocenters. The van der Waals surface area contributed by atoms with E-state index >= 15 is 0 Å². The first-order valence-electron chi connectivity index (χ1n) is 6.86. The molecule has 0 aromatic heterocycles. The molecule has 1 aliphatic heterocycles. The zero-order valence-electron chi connectivity index (χ0n) is 12.1. The minimum atomic E-state index is -0.435. The molecule has 1 aromatic rings. The second-order valence-electron chi connectivity index (χ2n) is 4.94. The number of nitrogens with one attached hydrogen (secondary N) is 1. The van der Waals surface area contributed by atoms with Gasteiger partial charge in [-0.2, -0.15) is 0 Å². The smallest absolute Gasteiger partial charge is 0.328 e. The maximum atomic E-state index is 12.0. The van der Waals surface area contributed by atoms with Gasteiger partial charge in [0.25, 0.3) is 0 Å². The minimum Gasteiger partial charge on any atom is -0.464 e. The molecule has 0 radical (unpaired) electrons. The van der Waals surface area contributed by atoms with Crippen LogP contribution in [0, 0.1) is 0 Å². The van der Waals surface area contributed by atoms with Crippen LogP contribution in [0.15, 0.2) is 24.3 Å². The van der Waals surface area contributed by atoms with Crippen molar-refractivity contribution in [2.45, 2.75) is 39.3 Å². The van der Waals surface area contributed by atoms with E-state index in [9.17, 15) is 9.59 Å². The number of hydrogen-bond acceptors (Lipinski definition) is 4. The molecule has 0 bridgehead atoms. The lowest BCUT2D eigenvalue weighted by Crippen LogP contribution is -2.40. The predicted octanol–water partition coefficient (Wildman–Crippen LogP) is 2.18. The van der Waals surface area contributed by atoms with Crippen LogP contribution in [0.5, 0.6) is 0 Å². The molecule has 0 aliphatic carbocycles. The maximum Gasteiger partial charge on any atom is 0.328 e. The Labute approximate surface area is 118 Å². The summed E-state index contributed by atoms with van der Waals surface area (Å²) >= 11 is 0. The van der Waals surface area contributed by atoms with Crippen LogP contribution in [0.3, 0.4) is 0 Å². The van der Waals surface area contributed by atoms with Crippen LogP contribution in [-0.2, 0) is 14.3 Å². The van der Waals surface area contributed by atoms with Crippen molar-refractivity contribution in [3.05, 3.63) is 24.3 Å². The third-order valence-electron chi connectivity index (χ3n) is 3.42. The van der Waals surface area contributed by atoms with Crippen molar-refractivity contribution in [1.29, 1.82) is 0 Å². The average molecular weight is 276 g/mol. The number of carbonyl (C=O) groups is 2. The first-order valence-corrected chi connectivity index (χ1v) is 6.86. The van der Waals surface area contributed by atoms with Crippen LogP contribution in [-0.4, -0.2) is 30.6 Å². The molecule has 0 saturated carbocycles. The van der Waals surface area contributed by atoms with Crippen LogP contribution < -0.4 is 10.2 Å². The summed E-state index contributed by atoms with van der Waals surface area (Å²) in [6, 6.07) is 7.01. The molecule has 2 rings (SSSR count). The number of anilines is 2. The lowest BCUT2D eigenvalue weighted by atomic mass is 10.1. The van der Waals surface area contributed by atoms with E-state index in [1.165, 1.54) is 6.92 Å². The van der Waals surface area contributed by atoms with Crippen molar-refractivity contribution in [3.8, 4) is 0 Å². The molecule has 1 N–H and O–H groups in total. The molecule has 1 aromatic carbocycles. The van der Waals surface area contributed by atoms with Gasteiger partial charge in [0.15, 0.2) is 0 Å². The van der Waals surface area contributed by atoms with Gasteiger partial charge < -0.3 is 15.0 Å². The summed E-state index contributed by atoms with van der Waals surface area (Å²) in [5, 5.41) is 3.19. The minimum absolute atomic E-state index is 0.0312. The summed E-state index contributed by atoms with van der Waals surface area (Å²) in [5.74, 6) is -0.309. The highest BCUT2D eigenvalue weighted by molar-refractivity contribution is 5.97. The van der Waals surface area contributed by atoms with Crippen LogP contribution in [0.25, 0.3) is 0 Å². The normalized spacial score (nSPS) is 21.4. The highest BCUT2D eigenvalue weighted by atomic mass is 16.5. The fourth-order valence-corrected chi connectivity index (χ4v) is 2.61. The second kappa shape index (κ2) is 5.94. The zero-order chi connectivity index (χ0) is 14.7. The van der Waals surface area contributed by atoms with Crippen LogP contribution >= 0.6 is 0 Å². The highest BCUT2D eigenvalue weighted by Gasteiger charge is 2.32. The topological polar surface area (TPSA) is 58.6 Å². The van der Waals surface area contributed by atoms with E-state index in [2.05, 4.69) is 5.32 Å². The zero-order valence-corrected chi connectivity index (χ0v) is 12.1. The van der Waals surface area contributed by atoms with Gasteiger partial charge in [-0.15, -0.1) is 0 Å². The molecular formula is C15H20N2O3. The van der Waals surface area contributed by atoms with Crippen LogP contribution in [0.2, 0.25) is 0 Å². The second-order valence-corrected chi connectivity index (χ2v) is 4.94. The number of benzene rings is 1. The summed E-state index contributed by atoms with van der Waals surface area (Å²) in [6.45, 7) is 5.62. The fourth-order valence-electron chi connectivity index (χ4n) is 2.61. The number of para-hydroxylation sites is 2. The SMILES string of the molecule is CCOC(=O)C1CC(C)N(C(C)=O)c2ccccc2N1. The van der Waals surface area contributed by atoms with Crippen molar-refractivity contribution in [1.82, 2.24) is 0 Å². The van der Waals surface area contributed by atoms with Gasteiger partial charge in [-0.05, 0) is 32.4 Å². The van der Waals surface area contributed by atoms with Crippen molar-refractivity contribution < 1.29 is 14.3 Å². The third kappa shape index (κ3) is 2.76. The lowest BCUT2D eigenvalue weighted by molar-refractivity contribution is -0.144. The number of nitrogens with zero attached hydrogens (tertiary/aromatic N) is 1. The van der Waals surface area contributed by atoms with Crippen molar-refractivity contribution in [2.24, 2.45) is 0 Å². The molecule has 5 heteroatoms. The number of ether oxygens (including phenoxy) is 1. The van der Waals surface area contributed by atoms with Gasteiger partial charge in [0, 0.05) is 13.0 Å². The van der Waals surface area contributed by atoms with Crippen LogP contribution in [0.1, 0.15) is 27.2 Å². The van der Waals surface area contributed by atoms with Crippen molar-refractivity contribution >= 4 is 23.3 Å². The Hall–Kier alpha value is -2.04. The van der Waals surface area contributed by atoms with Gasteiger partial charge in [-0.25, -0.2) is 4.79 Å². The van der Waals surface area contributed by atoms with Crippen molar-refractivity contribution in [2.75, 3.05) is 16.8 Å². The molecule has 0 saturated heterocycles. The Bertz CT molecular complexity index is 516. The highest BCUT2D eigenvalue weighted by Crippen LogP contribution is 2.32. The molecule has 108 valence electrons. The van der Waals surface area contributed by atoms with E-state index in [0.717, 1.165) is 11.4 Å². The van der Waals surface area contributed by atoms with Crippen molar-refractivity contribution in [3.63, 3.8) is 0 Å². The molecule has 2 unspecified atom stereocenters. The lowest BCUT2D eigenvalue weighted by Gasteiger charge is -2.27. The largest absolute Gasteiger partial charge is 0.464 e. The number of carbonyl (C=O) groups excluding carboxylic acids is 2. The predicted molar refractivity (Wildman–Crippen MR) is 77.7 cm³/mol. The van der Waals surface area contributed by atoms with Gasteiger partial charge in [-0.3, -0.25) is 4.79 Å². The van der Waals surface area contributed by atoms with Gasteiger partial charge >= 0.3 is 5.97 Å². The van der Waals surface area contributed by atoms with E-state index in [1.807, 2.05) is 31.2 Å². The quantitative estimate of drug-likeness (QED) is 0.841. The standard InChI is InChI=1S/C15H20N2O3/c1-4-20-15(19)13-9-10(2)17(11(3)18)14-8-6-5-7-12(14)16-13/h5-8,10,13,16H,4,9H2,1-3H3. The summed E-state index contributed by atoms with van der Waals surface area (Å²) in [4.78, 5) is 25.6.